The molecule has 0 spiro atoms. The number of aromatic nitrogens is 2. The molecule has 0 aliphatic carbocycles. The molecule has 2 heterocycles. The minimum atomic E-state index is 0.0888. The van der Waals surface area contributed by atoms with Crippen LogP contribution in [0.4, 0.5) is 4.79 Å². The fourth-order valence-corrected chi connectivity index (χ4v) is 3.43. The molecule has 1 N–H and O–H groups in total. The van der Waals surface area contributed by atoms with Gasteiger partial charge in [-0.05, 0) is 58.7 Å². The summed E-state index contributed by atoms with van der Waals surface area (Å²) in [6.07, 6.45) is 3.03. The zero-order chi connectivity index (χ0) is 17.0. The quantitative estimate of drug-likeness (QED) is 0.809. The highest BCUT2D eigenvalue weighted by atomic mass is 16.2. The molecule has 1 unspecified atom stereocenters. The van der Waals surface area contributed by atoms with E-state index in [-0.39, 0.29) is 6.03 Å². The van der Waals surface area contributed by atoms with Gasteiger partial charge in [-0.25, -0.2) is 4.79 Å². The number of likely N-dealkylation sites (tertiary alicyclic amines) is 1. The molecule has 2 amide bonds. The van der Waals surface area contributed by atoms with Gasteiger partial charge in [-0.3, -0.25) is 4.68 Å². The van der Waals surface area contributed by atoms with Gasteiger partial charge in [0.25, 0.3) is 0 Å². The van der Waals surface area contributed by atoms with Crippen molar-refractivity contribution in [3.05, 3.63) is 17.0 Å². The molecule has 6 nitrogen and oxygen atoms in total. The third-order valence-electron chi connectivity index (χ3n) is 4.74. The topological polar surface area (TPSA) is 53.4 Å². The highest BCUT2D eigenvalue weighted by Gasteiger charge is 2.26. The lowest BCUT2D eigenvalue weighted by atomic mass is 10.1. The van der Waals surface area contributed by atoms with E-state index in [2.05, 4.69) is 43.3 Å². The number of hydrogen-bond donors (Lipinski definition) is 1. The van der Waals surface area contributed by atoms with Gasteiger partial charge in [-0.1, -0.05) is 0 Å². The Morgan fingerprint density at radius 3 is 2.74 bits per heavy atom. The first kappa shape index (κ1) is 17.8. The van der Waals surface area contributed by atoms with E-state index in [4.69, 9.17) is 0 Å². The zero-order valence-corrected chi connectivity index (χ0v) is 15.2. The third-order valence-corrected chi connectivity index (χ3v) is 4.74. The lowest BCUT2D eigenvalue weighted by Gasteiger charge is -2.19. The van der Waals surface area contributed by atoms with Gasteiger partial charge in [-0.2, -0.15) is 5.10 Å². The van der Waals surface area contributed by atoms with Crippen LogP contribution in [-0.4, -0.2) is 65.9 Å². The summed E-state index contributed by atoms with van der Waals surface area (Å²) in [5, 5.41) is 7.50. The van der Waals surface area contributed by atoms with E-state index in [9.17, 15) is 4.79 Å². The van der Waals surface area contributed by atoms with Gasteiger partial charge in [-0.15, -0.1) is 0 Å². The molecule has 23 heavy (non-hydrogen) atoms. The SMILES string of the molecule is Cc1nn(C)c(C)c1CCCNC(=O)N1CCC(CN(C)C)C1. The van der Waals surface area contributed by atoms with E-state index < -0.39 is 0 Å². The molecule has 1 fully saturated rings. The molecule has 2 rings (SSSR count). The molecule has 1 aliphatic heterocycles. The van der Waals surface area contributed by atoms with Crippen molar-refractivity contribution in [2.24, 2.45) is 13.0 Å². The van der Waals surface area contributed by atoms with E-state index in [0.717, 1.165) is 51.1 Å². The molecule has 1 saturated heterocycles. The molecule has 1 aliphatic rings. The lowest BCUT2D eigenvalue weighted by Crippen LogP contribution is -2.39. The predicted octanol–water partition coefficient (Wildman–Crippen LogP) is 1.56. The van der Waals surface area contributed by atoms with Crippen LogP contribution in [-0.2, 0) is 13.5 Å². The molecular formula is C17H31N5O. The normalized spacial score (nSPS) is 18.0. The van der Waals surface area contributed by atoms with Crippen molar-refractivity contribution < 1.29 is 4.79 Å². The Hall–Kier alpha value is -1.56. The monoisotopic (exact) mass is 321 g/mol. The second kappa shape index (κ2) is 7.81. The van der Waals surface area contributed by atoms with E-state index in [1.165, 1.54) is 11.3 Å². The van der Waals surface area contributed by atoms with Crippen LogP contribution in [0.2, 0.25) is 0 Å². The largest absolute Gasteiger partial charge is 0.338 e. The smallest absolute Gasteiger partial charge is 0.317 e. The van der Waals surface area contributed by atoms with Gasteiger partial charge in [0.15, 0.2) is 0 Å². The van der Waals surface area contributed by atoms with Crippen LogP contribution in [0, 0.1) is 19.8 Å². The summed E-state index contributed by atoms with van der Waals surface area (Å²) in [4.78, 5) is 16.4. The molecule has 1 aromatic heterocycles. The van der Waals surface area contributed by atoms with Gasteiger partial charge >= 0.3 is 6.03 Å². The lowest BCUT2D eigenvalue weighted by molar-refractivity contribution is 0.205. The van der Waals surface area contributed by atoms with Gasteiger partial charge in [0.1, 0.15) is 0 Å². The number of nitrogens with zero attached hydrogens (tertiary/aromatic N) is 4. The maximum Gasteiger partial charge on any atom is 0.317 e. The molecular weight excluding hydrogens is 290 g/mol. The molecule has 1 aromatic rings. The summed E-state index contributed by atoms with van der Waals surface area (Å²) < 4.78 is 1.93. The molecule has 0 saturated carbocycles. The molecule has 1 atom stereocenters. The van der Waals surface area contributed by atoms with Crippen molar-refractivity contribution in [3.8, 4) is 0 Å². The summed E-state index contributed by atoms with van der Waals surface area (Å²) >= 11 is 0. The summed E-state index contributed by atoms with van der Waals surface area (Å²) in [5.74, 6) is 0.608. The van der Waals surface area contributed by atoms with Crippen molar-refractivity contribution >= 4 is 6.03 Å². The van der Waals surface area contributed by atoms with Gasteiger partial charge in [0.05, 0.1) is 5.69 Å². The number of hydrogen-bond acceptors (Lipinski definition) is 3. The summed E-state index contributed by atoms with van der Waals surface area (Å²) in [5.41, 5.74) is 3.64. The fraction of sp³-hybridized carbons (Fsp3) is 0.765. The Morgan fingerprint density at radius 1 is 1.39 bits per heavy atom. The summed E-state index contributed by atoms with van der Waals surface area (Å²) in [7, 11) is 6.15. The number of urea groups is 1. The Morgan fingerprint density at radius 2 is 2.13 bits per heavy atom. The van der Waals surface area contributed by atoms with Crippen LogP contribution < -0.4 is 5.32 Å². The first-order chi connectivity index (χ1) is 10.9. The molecule has 130 valence electrons. The highest BCUT2D eigenvalue weighted by molar-refractivity contribution is 5.74. The standard InChI is InChI=1S/C17H31N5O/c1-13-16(14(2)21(5)19-13)7-6-9-18-17(23)22-10-8-15(12-22)11-20(3)4/h15H,6-12H2,1-5H3,(H,18,23). The highest BCUT2D eigenvalue weighted by Crippen LogP contribution is 2.17. The van der Waals surface area contributed by atoms with Crippen LogP contribution in [0.5, 0.6) is 0 Å². The number of carbonyl (C=O) groups excluding carboxylic acids is 1. The van der Waals surface area contributed by atoms with E-state index in [1.807, 2.05) is 16.6 Å². The maximum atomic E-state index is 12.2. The first-order valence-corrected chi connectivity index (χ1v) is 8.55. The molecule has 0 aromatic carbocycles. The third kappa shape index (κ3) is 4.70. The van der Waals surface area contributed by atoms with Gasteiger partial charge in [0.2, 0.25) is 0 Å². The number of nitrogens with one attached hydrogen (secondary N) is 1. The average molecular weight is 321 g/mol. The van der Waals surface area contributed by atoms with Crippen molar-refractivity contribution in [1.29, 1.82) is 0 Å². The average Bonchev–Trinajstić information content (AvgIpc) is 3.02. The Bertz CT molecular complexity index is 537. The van der Waals surface area contributed by atoms with Crippen LogP contribution >= 0.6 is 0 Å². The second-order valence-corrected chi connectivity index (χ2v) is 6.97. The minimum Gasteiger partial charge on any atom is -0.338 e. The summed E-state index contributed by atoms with van der Waals surface area (Å²) in [6.45, 7) is 7.69. The van der Waals surface area contributed by atoms with Crippen molar-refractivity contribution in [2.75, 3.05) is 40.3 Å². The molecule has 0 bridgehead atoms. The van der Waals surface area contributed by atoms with Crippen LogP contribution in [0.25, 0.3) is 0 Å². The van der Waals surface area contributed by atoms with E-state index in [1.54, 1.807) is 0 Å². The van der Waals surface area contributed by atoms with Gasteiger partial charge < -0.3 is 15.1 Å². The number of carbonyl (C=O) groups is 1. The second-order valence-electron chi connectivity index (χ2n) is 6.97. The van der Waals surface area contributed by atoms with Crippen molar-refractivity contribution in [1.82, 2.24) is 24.9 Å². The predicted molar refractivity (Wildman–Crippen MR) is 92.6 cm³/mol. The van der Waals surface area contributed by atoms with Crippen LogP contribution in [0.15, 0.2) is 0 Å². The first-order valence-electron chi connectivity index (χ1n) is 8.55. The van der Waals surface area contributed by atoms with Crippen molar-refractivity contribution in [2.45, 2.75) is 33.1 Å². The van der Waals surface area contributed by atoms with Gasteiger partial charge in [0, 0.05) is 38.9 Å². The Balaban J connectivity index is 1.69. The summed E-state index contributed by atoms with van der Waals surface area (Å²) in [6, 6.07) is 0.0888. The Kier molecular flexibility index (Phi) is 6.04. The van der Waals surface area contributed by atoms with Crippen LogP contribution in [0.3, 0.4) is 0 Å². The van der Waals surface area contributed by atoms with Crippen molar-refractivity contribution in [3.63, 3.8) is 0 Å². The van der Waals surface area contributed by atoms with E-state index >= 15 is 0 Å². The molecule has 0 radical (unpaired) electrons. The maximum absolute atomic E-state index is 12.2. The number of aryl methyl sites for hydroxylation is 2. The number of rotatable bonds is 6. The van der Waals surface area contributed by atoms with Crippen LogP contribution in [0.1, 0.15) is 29.8 Å². The van der Waals surface area contributed by atoms with E-state index in [0.29, 0.717) is 5.92 Å². The number of amides is 2. The molecule has 6 heteroatoms. The Labute approximate surface area is 139 Å². The minimum absolute atomic E-state index is 0.0888. The fourth-order valence-electron chi connectivity index (χ4n) is 3.43. The zero-order valence-electron chi connectivity index (χ0n) is 15.2.